The summed E-state index contributed by atoms with van der Waals surface area (Å²) < 4.78 is 5.66. The Balaban J connectivity index is 1.83. The van der Waals surface area contributed by atoms with Crippen LogP contribution in [0.5, 0.6) is 0 Å². The zero-order valence-electron chi connectivity index (χ0n) is 10.3. The highest BCUT2D eigenvalue weighted by Gasteiger charge is 2.57. The summed E-state index contributed by atoms with van der Waals surface area (Å²) in [5, 5.41) is 0. The largest absolute Gasteiger partial charge is 0.455 e. The highest BCUT2D eigenvalue weighted by Crippen LogP contribution is 2.53. The lowest BCUT2D eigenvalue weighted by atomic mass is 9.64. The molecule has 0 N–H and O–H groups in total. The quantitative estimate of drug-likeness (QED) is 0.610. The Bertz CT molecular complexity index is 491. The summed E-state index contributed by atoms with van der Waals surface area (Å²) in [4.78, 5) is 14.2. The molecule has 2 saturated heterocycles. The molecule has 3 heterocycles. The summed E-state index contributed by atoms with van der Waals surface area (Å²) >= 11 is 0. The monoisotopic (exact) mass is 243 g/mol. The summed E-state index contributed by atoms with van der Waals surface area (Å²) in [6, 6.07) is 0. The molecule has 3 nitrogen and oxygen atoms in total. The van der Waals surface area contributed by atoms with Crippen molar-refractivity contribution in [2.45, 2.75) is 25.4 Å². The third kappa shape index (κ3) is 1.22. The predicted octanol–water partition coefficient (Wildman–Crippen LogP) is 2.02. The van der Waals surface area contributed by atoms with Gasteiger partial charge in [-0.15, -0.1) is 0 Å². The van der Waals surface area contributed by atoms with Crippen LogP contribution in [-0.2, 0) is 9.53 Å². The van der Waals surface area contributed by atoms with Gasteiger partial charge in [0.25, 0.3) is 0 Å². The number of fused-ring (bicyclic) bond motifs is 2. The Morgan fingerprint density at radius 3 is 3.28 bits per heavy atom. The molecular weight excluding hydrogens is 226 g/mol. The molecule has 0 aromatic carbocycles. The number of carbonyl (C=O) groups excluding carboxylic acids is 1. The van der Waals surface area contributed by atoms with Crippen molar-refractivity contribution in [1.29, 1.82) is 0 Å². The van der Waals surface area contributed by atoms with Gasteiger partial charge >= 0.3 is 5.97 Å². The van der Waals surface area contributed by atoms with Gasteiger partial charge in [0.15, 0.2) is 6.10 Å². The fourth-order valence-corrected chi connectivity index (χ4v) is 3.90. The molecule has 0 saturated carbocycles. The van der Waals surface area contributed by atoms with Crippen LogP contribution in [0.4, 0.5) is 0 Å². The van der Waals surface area contributed by atoms with Crippen LogP contribution in [0.25, 0.3) is 0 Å². The Kier molecular flexibility index (Phi) is 2.02. The van der Waals surface area contributed by atoms with Crippen molar-refractivity contribution in [3.8, 4) is 0 Å². The number of piperidine rings is 1. The van der Waals surface area contributed by atoms with Crippen molar-refractivity contribution in [3.05, 3.63) is 36.1 Å². The standard InChI is InChI=1S/C15H17NO2/c17-13-9-15-7-3-1-5-11(15)10-16-8-4-2-6-12(16)14(15)18-13/h1,3,5-7,11,14H,2,4,8-10H2. The van der Waals surface area contributed by atoms with Crippen LogP contribution in [0.2, 0.25) is 0 Å². The number of allylic oxidation sites excluding steroid dienone is 3. The van der Waals surface area contributed by atoms with Gasteiger partial charge in [-0.25, -0.2) is 0 Å². The van der Waals surface area contributed by atoms with Crippen LogP contribution >= 0.6 is 0 Å². The van der Waals surface area contributed by atoms with E-state index >= 15 is 0 Å². The van der Waals surface area contributed by atoms with Gasteiger partial charge in [-0.3, -0.25) is 4.79 Å². The number of ether oxygens (including phenoxy) is 1. The average molecular weight is 243 g/mol. The Labute approximate surface area is 107 Å². The highest BCUT2D eigenvalue weighted by molar-refractivity contribution is 5.75. The zero-order valence-corrected chi connectivity index (χ0v) is 10.3. The molecule has 0 radical (unpaired) electrons. The molecule has 1 aliphatic carbocycles. The maximum absolute atomic E-state index is 11.8. The predicted molar refractivity (Wildman–Crippen MR) is 67.6 cm³/mol. The molecule has 1 spiro atoms. The summed E-state index contributed by atoms with van der Waals surface area (Å²) in [6.45, 7) is 2.13. The van der Waals surface area contributed by atoms with Crippen molar-refractivity contribution < 1.29 is 9.53 Å². The molecule has 4 aliphatic rings. The summed E-state index contributed by atoms with van der Waals surface area (Å²) in [5.74, 6) is 0.368. The first-order chi connectivity index (χ1) is 8.79. The van der Waals surface area contributed by atoms with Gasteiger partial charge in [0, 0.05) is 24.4 Å². The van der Waals surface area contributed by atoms with Crippen LogP contribution < -0.4 is 0 Å². The van der Waals surface area contributed by atoms with Crippen LogP contribution in [-0.4, -0.2) is 30.1 Å². The third-order valence-corrected chi connectivity index (χ3v) is 4.78. The van der Waals surface area contributed by atoms with E-state index < -0.39 is 0 Å². The number of esters is 1. The number of nitrogens with zero attached hydrogens (tertiary/aromatic N) is 1. The Morgan fingerprint density at radius 1 is 1.39 bits per heavy atom. The summed E-state index contributed by atoms with van der Waals surface area (Å²) in [5.41, 5.74) is 1.15. The van der Waals surface area contributed by atoms with Gasteiger partial charge in [0.2, 0.25) is 0 Å². The van der Waals surface area contributed by atoms with Crippen molar-refractivity contribution in [2.24, 2.45) is 11.3 Å². The van der Waals surface area contributed by atoms with Gasteiger partial charge in [0.1, 0.15) is 0 Å². The Morgan fingerprint density at radius 2 is 2.33 bits per heavy atom. The van der Waals surface area contributed by atoms with Crippen LogP contribution in [0.3, 0.4) is 0 Å². The molecule has 3 atom stereocenters. The van der Waals surface area contributed by atoms with Crippen LogP contribution in [0.15, 0.2) is 36.1 Å². The maximum Gasteiger partial charge on any atom is 0.307 e. The SMILES string of the molecule is O=C1CC23C=CC=CC2CN2CCCC=C2C3O1. The normalized spacial score (nSPS) is 40.8. The van der Waals surface area contributed by atoms with E-state index in [2.05, 4.69) is 35.3 Å². The van der Waals surface area contributed by atoms with Gasteiger partial charge in [-0.05, 0) is 12.8 Å². The van der Waals surface area contributed by atoms with E-state index in [4.69, 9.17) is 4.74 Å². The van der Waals surface area contributed by atoms with Crippen LogP contribution in [0, 0.1) is 11.3 Å². The Hall–Kier alpha value is -1.51. The molecule has 0 aromatic rings. The second-order valence-electron chi connectivity index (χ2n) is 5.73. The lowest BCUT2D eigenvalue weighted by Crippen LogP contribution is -2.53. The van der Waals surface area contributed by atoms with E-state index in [0.29, 0.717) is 12.3 Å². The van der Waals surface area contributed by atoms with Crippen molar-refractivity contribution in [1.82, 2.24) is 4.90 Å². The van der Waals surface area contributed by atoms with E-state index in [1.165, 1.54) is 12.1 Å². The molecule has 18 heavy (non-hydrogen) atoms. The second kappa shape index (κ2) is 3.50. The summed E-state index contributed by atoms with van der Waals surface area (Å²) in [7, 11) is 0. The van der Waals surface area contributed by atoms with E-state index in [-0.39, 0.29) is 17.5 Å². The van der Waals surface area contributed by atoms with Gasteiger partial charge in [0.05, 0.1) is 12.1 Å². The van der Waals surface area contributed by atoms with E-state index in [0.717, 1.165) is 19.5 Å². The lowest BCUT2D eigenvalue weighted by molar-refractivity contribution is -0.141. The summed E-state index contributed by atoms with van der Waals surface area (Å²) in [6.07, 6.45) is 13.7. The van der Waals surface area contributed by atoms with Crippen molar-refractivity contribution >= 4 is 5.97 Å². The smallest absolute Gasteiger partial charge is 0.307 e. The molecule has 94 valence electrons. The van der Waals surface area contributed by atoms with Crippen molar-refractivity contribution in [3.63, 3.8) is 0 Å². The van der Waals surface area contributed by atoms with Gasteiger partial charge in [-0.1, -0.05) is 30.4 Å². The van der Waals surface area contributed by atoms with E-state index in [1.54, 1.807) is 0 Å². The van der Waals surface area contributed by atoms with E-state index in [1.807, 2.05) is 0 Å². The minimum absolute atomic E-state index is 0.0433. The van der Waals surface area contributed by atoms with Gasteiger partial charge < -0.3 is 9.64 Å². The fraction of sp³-hybridized carbons (Fsp3) is 0.533. The van der Waals surface area contributed by atoms with Crippen LogP contribution in [0.1, 0.15) is 19.3 Å². The lowest BCUT2D eigenvalue weighted by Gasteiger charge is -2.49. The molecule has 0 aromatic heterocycles. The molecule has 3 unspecified atom stereocenters. The molecular formula is C15H17NO2. The average Bonchev–Trinajstić information content (AvgIpc) is 2.72. The molecule has 0 bridgehead atoms. The number of carbonyl (C=O) groups is 1. The van der Waals surface area contributed by atoms with Crippen molar-refractivity contribution in [2.75, 3.05) is 13.1 Å². The first-order valence-electron chi connectivity index (χ1n) is 6.80. The van der Waals surface area contributed by atoms with E-state index in [9.17, 15) is 4.79 Å². The zero-order chi connectivity index (χ0) is 12.2. The maximum atomic E-state index is 11.8. The fourth-order valence-electron chi connectivity index (χ4n) is 3.90. The minimum Gasteiger partial charge on any atom is -0.455 e. The third-order valence-electron chi connectivity index (χ3n) is 4.78. The number of hydrogen-bond acceptors (Lipinski definition) is 3. The molecule has 3 heteroatoms. The molecule has 3 aliphatic heterocycles. The molecule has 2 fully saturated rings. The highest BCUT2D eigenvalue weighted by atomic mass is 16.6. The number of hydrogen-bond donors (Lipinski definition) is 0. The second-order valence-corrected chi connectivity index (χ2v) is 5.73. The first-order valence-corrected chi connectivity index (χ1v) is 6.80. The minimum atomic E-state index is -0.106. The first kappa shape index (κ1) is 10.4. The molecule has 0 amide bonds. The topological polar surface area (TPSA) is 29.5 Å². The van der Waals surface area contributed by atoms with Gasteiger partial charge in [-0.2, -0.15) is 0 Å². The molecule has 4 rings (SSSR count). The number of rotatable bonds is 0.